The maximum absolute atomic E-state index is 13.1. The van der Waals surface area contributed by atoms with Gasteiger partial charge in [0.15, 0.2) is 0 Å². The Morgan fingerprint density at radius 1 is 1.04 bits per heavy atom. The Kier molecular flexibility index (Phi) is 4.19. The fourth-order valence-electron chi connectivity index (χ4n) is 3.04. The molecular weight excluding hydrogens is 303 g/mol. The second kappa shape index (κ2) is 6.00. The second-order valence-electron chi connectivity index (χ2n) is 6.16. The molecule has 0 amide bonds. The van der Waals surface area contributed by atoms with E-state index in [0.717, 1.165) is 31.6 Å². The van der Waals surface area contributed by atoms with Crippen LogP contribution < -0.4 is 4.90 Å². The van der Waals surface area contributed by atoms with Crippen LogP contribution in [0.15, 0.2) is 30.3 Å². The van der Waals surface area contributed by atoms with Gasteiger partial charge >= 0.3 is 6.18 Å². The monoisotopic (exact) mass is 323 g/mol. The number of aromatic nitrogens is 1. The van der Waals surface area contributed by atoms with Crippen molar-refractivity contribution in [1.29, 1.82) is 0 Å². The molecule has 1 saturated heterocycles. The fourth-order valence-corrected chi connectivity index (χ4v) is 3.04. The normalized spacial score (nSPS) is 17.2. The van der Waals surface area contributed by atoms with E-state index in [0.29, 0.717) is 17.2 Å². The number of halogens is 3. The van der Waals surface area contributed by atoms with Crippen LogP contribution in [-0.2, 0) is 6.18 Å². The molecule has 0 saturated carbocycles. The molecule has 1 aliphatic heterocycles. The summed E-state index contributed by atoms with van der Waals surface area (Å²) in [6, 6.07) is 8.68. The first kappa shape index (κ1) is 16.1. The molecule has 0 N–H and O–H groups in total. The van der Waals surface area contributed by atoms with Gasteiger partial charge in [-0.05, 0) is 26.0 Å². The zero-order chi connectivity index (χ0) is 16.6. The zero-order valence-corrected chi connectivity index (χ0v) is 13.3. The number of benzene rings is 1. The Labute approximate surface area is 133 Å². The number of anilines is 1. The van der Waals surface area contributed by atoms with Crippen molar-refractivity contribution < 1.29 is 13.2 Å². The lowest BCUT2D eigenvalue weighted by atomic mass is 10.1. The standard InChI is InChI=1S/C17H20F3N3/c1-12(2)22-7-9-23(10-8-22)15-11-16(17(18,19)20)21-14-6-4-3-5-13(14)15/h3-6,11-12H,7-10H2,1-2H3. The summed E-state index contributed by atoms with van der Waals surface area (Å²) < 4.78 is 39.4. The van der Waals surface area contributed by atoms with Crippen LogP contribution in [-0.4, -0.2) is 42.1 Å². The smallest absolute Gasteiger partial charge is 0.368 e. The molecule has 0 unspecified atom stereocenters. The van der Waals surface area contributed by atoms with Gasteiger partial charge < -0.3 is 4.90 Å². The summed E-state index contributed by atoms with van der Waals surface area (Å²) in [4.78, 5) is 8.16. The van der Waals surface area contributed by atoms with Gasteiger partial charge in [0.05, 0.1) is 5.52 Å². The predicted molar refractivity (Wildman–Crippen MR) is 85.7 cm³/mol. The summed E-state index contributed by atoms with van der Waals surface area (Å²) in [6.07, 6.45) is -4.43. The highest BCUT2D eigenvalue weighted by Crippen LogP contribution is 2.35. The van der Waals surface area contributed by atoms with Crippen molar-refractivity contribution in [1.82, 2.24) is 9.88 Å². The summed E-state index contributed by atoms with van der Waals surface area (Å²) in [6.45, 7) is 7.44. The minimum absolute atomic E-state index is 0.392. The highest BCUT2D eigenvalue weighted by molar-refractivity contribution is 5.92. The van der Waals surface area contributed by atoms with Crippen LogP contribution in [0.3, 0.4) is 0 Å². The summed E-state index contributed by atoms with van der Waals surface area (Å²) in [7, 11) is 0. The number of alkyl halides is 3. The molecule has 1 aromatic carbocycles. The van der Waals surface area contributed by atoms with Crippen molar-refractivity contribution >= 4 is 16.6 Å². The molecule has 124 valence electrons. The van der Waals surface area contributed by atoms with Crippen LogP contribution in [0.1, 0.15) is 19.5 Å². The van der Waals surface area contributed by atoms with Crippen LogP contribution in [0, 0.1) is 0 Å². The Hall–Kier alpha value is -1.82. The quantitative estimate of drug-likeness (QED) is 0.838. The Morgan fingerprint density at radius 2 is 1.70 bits per heavy atom. The largest absolute Gasteiger partial charge is 0.433 e. The topological polar surface area (TPSA) is 19.4 Å². The molecule has 1 aliphatic rings. The van der Waals surface area contributed by atoms with Crippen molar-refractivity contribution in [2.75, 3.05) is 31.1 Å². The third-order valence-corrected chi connectivity index (χ3v) is 4.37. The molecular formula is C17H20F3N3. The molecule has 23 heavy (non-hydrogen) atoms. The van der Waals surface area contributed by atoms with Crippen LogP contribution in [0.2, 0.25) is 0 Å². The molecule has 0 bridgehead atoms. The summed E-state index contributed by atoms with van der Waals surface area (Å²) >= 11 is 0. The lowest BCUT2D eigenvalue weighted by Gasteiger charge is -2.38. The predicted octanol–water partition coefficient (Wildman–Crippen LogP) is 3.78. The number of rotatable bonds is 2. The van der Waals surface area contributed by atoms with Crippen LogP contribution in [0.4, 0.5) is 18.9 Å². The molecule has 3 nitrogen and oxygen atoms in total. The van der Waals surface area contributed by atoms with E-state index in [2.05, 4.69) is 23.7 Å². The molecule has 6 heteroatoms. The Bertz CT molecular complexity index is 689. The molecule has 2 aromatic rings. The molecule has 1 fully saturated rings. The maximum atomic E-state index is 13.1. The van der Waals surface area contributed by atoms with E-state index in [1.54, 1.807) is 12.1 Å². The van der Waals surface area contributed by atoms with Gasteiger partial charge in [-0.2, -0.15) is 13.2 Å². The highest BCUT2D eigenvalue weighted by Gasteiger charge is 2.34. The van der Waals surface area contributed by atoms with Gasteiger partial charge in [-0.25, -0.2) is 4.98 Å². The second-order valence-corrected chi connectivity index (χ2v) is 6.16. The Morgan fingerprint density at radius 3 is 2.30 bits per heavy atom. The number of pyridine rings is 1. The van der Waals surface area contributed by atoms with E-state index in [-0.39, 0.29) is 0 Å². The molecule has 0 spiro atoms. The highest BCUT2D eigenvalue weighted by atomic mass is 19.4. The van der Waals surface area contributed by atoms with Gasteiger partial charge in [-0.1, -0.05) is 18.2 Å². The molecule has 2 heterocycles. The SMILES string of the molecule is CC(C)N1CCN(c2cc(C(F)(F)F)nc3ccccc23)CC1. The van der Waals surface area contributed by atoms with E-state index in [1.807, 2.05) is 17.0 Å². The first-order valence-electron chi connectivity index (χ1n) is 7.82. The molecule has 0 radical (unpaired) electrons. The first-order valence-corrected chi connectivity index (χ1v) is 7.82. The summed E-state index contributed by atoms with van der Waals surface area (Å²) in [5, 5.41) is 0.776. The van der Waals surface area contributed by atoms with Gasteiger partial charge in [0.25, 0.3) is 0 Å². The van der Waals surface area contributed by atoms with Crippen molar-refractivity contribution in [3.63, 3.8) is 0 Å². The van der Waals surface area contributed by atoms with E-state index in [9.17, 15) is 13.2 Å². The third-order valence-electron chi connectivity index (χ3n) is 4.37. The van der Waals surface area contributed by atoms with E-state index in [4.69, 9.17) is 0 Å². The van der Waals surface area contributed by atoms with E-state index < -0.39 is 11.9 Å². The molecule has 0 atom stereocenters. The third kappa shape index (κ3) is 3.27. The van der Waals surface area contributed by atoms with Crippen LogP contribution >= 0.6 is 0 Å². The summed E-state index contributed by atoms with van der Waals surface area (Å²) in [5.41, 5.74) is 0.201. The van der Waals surface area contributed by atoms with Crippen LogP contribution in [0.25, 0.3) is 10.9 Å². The number of para-hydroxylation sites is 1. The maximum Gasteiger partial charge on any atom is 0.433 e. The van der Waals surface area contributed by atoms with Gasteiger partial charge in [-0.15, -0.1) is 0 Å². The number of hydrogen-bond donors (Lipinski definition) is 0. The van der Waals surface area contributed by atoms with Crippen molar-refractivity contribution in [3.05, 3.63) is 36.0 Å². The molecule has 0 aliphatic carbocycles. The van der Waals surface area contributed by atoms with Crippen molar-refractivity contribution in [2.45, 2.75) is 26.1 Å². The van der Waals surface area contributed by atoms with Crippen molar-refractivity contribution in [2.24, 2.45) is 0 Å². The Balaban J connectivity index is 1.99. The summed E-state index contributed by atoms with van der Waals surface area (Å²) in [5.74, 6) is 0. The average molecular weight is 323 g/mol. The first-order chi connectivity index (χ1) is 10.9. The number of hydrogen-bond acceptors (Lipinski definition) is 3. The van der Waals surface area contributed by atoms with Gasteiger partial charge in [0.2, 0.25) is 0 Å². The lowest BCUT2D eigenvalue weighted by molar-refractivity contribution is -0.140. The fraction of sp³-hybridized carbons (Fsp3) is 0.471. The number of piperazine rings is 1. The lowest BCUT2D eigenvalue weighted by Crippen LogP contribution is -2.49. The average Bonchev–Trinajstić information content (AvgIpc) is 2.53. The van der Waals surface area contributed by atoms with Gasteiger partial charge in [0.1, 0.15) is 5.69 Å². The van der Waals surface area contributed by atoms with E-state index in [1.165, 1.54) is 6.07 Å². The minimum atomic E-state index is -4.43. The molecule has 1 aromatic heterocycles. The minimum Gasteiger partial charge on any atom is -0.368 e. The van der Waals surface area contributed by atoms with Gasteiger partial charge in [-0.3, -0.25) is 4.90 Å². The van der Waals surface area contributed by atoms with Crippen molar-refractivity contribution in [3.8, 4) is 0 Å². The number of nitrogens with zero attached hydrogens (tertiary/aromatic N) is 3. The number of fused-ring (bicyclic) bond motifs is 1. The van der Waals surface area contributed by atoms with Crippen LogP contribution in [0.5, 0.6) is 0 Å². The van der Waals surface area contributed by atoms with E-state index >= 15 is 0 Å². The molecule has 3 rings (SSSR count). The zero-order valence-electron chi connectivity index (χ0n) is 13.3. The van der Waals surface area contributed by atoms with Gasteiger partial charge in [0, 0.05) is 43.3 Å².